The van der Waals surface area contributed by atoms with Gasteiger partial charge in [0, 0.05) is 11.8 Å². The molecule has 1 aromatic heterocycles. The Morgan fingerprint density at radius 2 is 1.88 bits per heavy atom. The van der Waals surface area contributed by atoms with Crippen LogP contribution in [0, 0.1) is 12.1 Å². The fourth-order valence-electron chi connectivity index (χ4n) is 3.99. The molecule has 1 atom stereocenters. The number of ether oxygens (including phenoxy) is 2. The first-order valence-corrected chi connectivity index (χ1v) is 10.1. The number of fused-ring (bicyclic) bond motifs is 1. The standard InChI is InChI=1S/C24H22N3O6/c1-14-12-18-20(23(28)26(14)13-15-6-4-3-5-7-15)19(21(22(25)33-18)24(29)32-2)16-8-10-17(11-9-16)27(30)31/h3-12,19,30H,13,25H2,1-2H3/q-1/t19-/m1/s1. The largest absolute Gasteiger partial charge is 0.733 e. The molecule has 3 N–H and O–H groups in total. The highest BCUT2D eigenvalue weighted by molar-refractivity contribution is 5.92. The number of anilines is 1. The first-order chi connectivity index (χ1) is 15.8. The number of pyridine rings is 1. The molecule has 33 heavy (non-hydrogen) atoms. The number of aromatic nitrogens is 1. The van der Waals surface area contributed by atoms with E-state index in [-0.39, 0.29) is 39.2 Å². The van der Waals surface area contributed by atoms with Crippen LogP contribution >= 0.6 is 0 Å². The molecule has 1 aliphatic rings. The second kappa shape index (κ2) is 8.81. The van der Waals surface area contributed by atoms with Crippen molar-refractivity contribution in [2.45, 2.75) is 19.4 Å². The van der Waals surface area contributed by atoms with Crippen molar-refractivity contribution in [2.75, 3.05) is 12.3 Å². The second-order valence-corrected chi connectivity index (χ2v) is 7.61. The van der Waals surface area contributed by atoms with Crippen molar-refractivity contribution >= 4 is 11.7 Å². The van der Waals surface area contributed by atoms with E-state index in [4.69, 9.17) is 20.4 Å². The lowest BCUT2D eigenvalue weighted by Crippen LogP contribution is -2.35. The zero-order chi connectivity index (χ0) is 23.7. The second-order valence-electron chi connectivity index (χ2n) is 7.61. The summed E-state index contributed by atoms with van der Waals surface area (Å²) < 4.78 is 12.2. The van der Waals surface area contributed by atoms with Crippen molar-refractivity contribution in [1.82, 2.24) is 4.57 Å². The molecule has 9 nitrogen and oxygen atoms in total. The third kappa shape index (κ3) is 4.07. The molecule has 0 bridgehead atoms. The van der Waals surface area contributed by atoms with Gasteiger partial charge in [-0.25, -0.2) is 4.79 Å². The van der Waals surface area contributed by atoms with E-state index in [1.165, 1.54) is 31.4 Å². The normalized spacial score (nSPS) is 15.0. The molecule has 0 amide bonds. The van der Waals surface area contributed by atoms with Crippen molar-refractivity contribution in [3.63, 3.8) is 0 Å². The third-order valence-electron chi connectivity index (χ3n) is 5.61. The van der Waals surface area contributed by atoms with Crippen LogP contribution in [0.3, 0.4) is 0 Å². The van der Waals surface area contributed by atoms with Gasteiger partial charge in [-0.2, -0.15) is 0 Å². The van der Waals surface area contributed by atoms with E-state index in [9.17, 15) is 14.8 Å². The van der Waals surface area contributed by atoms with Crippen molar-refractivity contribution in [1.29, 1.82) is 0 Å². The van der Waals surface area contributed by atoms with Crippen LogP contribution in [0.4, 0.5) is 5.69 Å². The van der Waals surface area contributed by atoms with E-state index in [1.807, 2.05) is 30.3 Å². The number of benzene rings is 2. The molecule has 1 aliphatic heterocycles. The number of hydrogen-bond acceptors (Lipinski definition) is 8. The van der Waals surface area contributed by atoms with Gasteiger partial charge in [0.2, 0.25) is 5.88 Å². The van der Waals surface area contributed by atoms with Gasteiger partial charge in [0.15, 0.2) is 0 Å². The molecule has 0 radical (unpaired) electrons. The zero-order valence-corrected chi connectivity index (χ0v) is 18.0. The van der Waals surface area contributed by atoms with Crippen LogP contribution in [0.25, 0.3) is 0 Å². The van der Waals surface area contributed by atoms with Gasteiger partial charge in [-0.1, -0.05) is 42.5 Å². The molecule has 0 fully saturated rings. The van der Waals surface area contributed by atoms with Gasteiger partial charge >= 0.3 is 5.97 Å². The molecule has 0 aliphatic carbocycles. The Kier molecular flexibility index (Phi) is 5.91. The SMILES string of the molecule is COC(=O)C1=C(N)Oc2cc(C)n(Cc3ccccc3)c(=O)c2[C@H]1c1ccc(N([O-])O)cc1. The van der Waals surface area contributed by atoms with Crippen LogP contribution < -0.4 is 21.3 Å². The van der Waals surface area contributed by atoms with Gasteiger partial charge in [0.05, 0.1) is 30.8 Å². The predicted molar refractivity (Wildman–Crippen MR) is 121 cm³/mol. The molecule has 0 saturated carbocycles. The van der Waals surface area contributed by atoms with E-state index in [1.54, 1.807) is 17.6 Å². The molecule has 3 aromatic rings. The van der Waals surface area contributed by atoms with Crippen molar-refractivity contribution in [3.8, 4) is 5.75 Å². The van der Waals surface area contributed by atoms with Crippen molar-refractivity contribution in [3.05, 3.63) is 110 Å². The van der Waals surface area contributed by atoms with Gasteiger partial charge < -0.3 is 30.2 Å². The number of hydrogen-bond donors (Lipinski definition) is 2. The Hall–Kier alpha value is -4.08. The third-order valence-corrected chi connectivity index (χ3v) is 5.61. The van der Waals surface area contributed by atoms with Gasteiger partial charge in [-0.3, -0.25) is 10.0 Å². The van der Waals surface area contributed by atoms with Gasteiger partial charge in [0.25, 0.3) is 5.56 Å². The summed E-state index contributed by atoms with van der Waals surface area (Å²) in [7, 11) is 1.21. The van der Waals surface area contributed by atoms with Gasteiger partial charge in [-0.05, 0) is 30.2 Å². The smallest absolute Gasteiger partial charge is 0.340 e. The van der Waals surface area contributed by atoms with Crippen molar-refractivity contribution < 1.29 is 19.5 Å². The average Bonchev–Trinajstić information content (AvgIpc) is 2.81. The van der Waals surface area contributed by atoms with E-state index >= 15 is 0 Å². The Morgan fingerprint density at radius 3 is 2.48 bits per heavy atom. The number of nitrogens with two attached hydrogens (primary N) is 1. The molecule has 0 spiro atoms. The highest BCUT2D eigenvalue weighted by atomic mass is 16.8. The highest BCUT2D eigenvalue weighted by Crippen LogP contribution is 2.41. The number of carbonyl (C=O) groups excluding carboxylic acids is 1. The quantitative estimate of drug-likeness (QED) is 0.450. The summed E-state index contributed by atoms with van der Waals surface area (Å²) >= 11 is 0. The lowest BCUT2D eigenvalue weighted by atomic mass is 9.83. The number of carbonyl (C=O) groups is 1. The molecule has 0 saturated heterocycles. The summed E-state index contributed by atoms with van der Waals surface area (Å²) in [6.07, 6.45) is 0. The predicted octanol–water partition coefficient (Wildman–Crippen LogP) is 2.77. The molecule has 2 heterocycles. The fourth-order valence-corrected chi connectivity index (χ4v) is 3.99. The minimum atomic E-state index is -0.899. The molecule has 9 heteroatoms. The summed E-state index contributed by atoms with van der Waals surface area (Å²) in [5.74, 6) is -1.57. The molecule has 4 rings (SSSR count). The number of nitrogens with zero attached hydrogens (tertiary/aromatic N) is 2. The van der Waals surface area contributed by atoms with E-state index in [0.717, 1.165) is 5.56 Å². The first kappa shape index (κ1) is 22.1. The number of esters is 1. The summed E-state index contributed by atoms with van der Waals surface area (Å²) in [5, 5.41) is 20.1. The Bertz CT molecular complexity index is 1280. The number of aryl methyl sites for hydroxylation is 1. The maximum absolute atomic E-state index is 13.7. The fraction of sp³-hybridized carbons (Fsp3) is 0.167. The number of rotatable bonds is 5. The van der Waals surface area contributed by atoms with Crippen LogP contribution in [-0.4, -0.2) is 22.9 Å². The Morgan fingerprint density at radius 1 is 1.21 bits per heavy atom. The molecular weight excluding hydrogens is 426 g/mol. The van der Waals surface area contributed by atoms with Gasteiger partial charge in [0.1, 0.15) is 11.3 Å². The lowest BCUT2D eigenvalue weighted by molar-refractivity contribution is -0.136. The summed E-state index contributed by atoms with van der Waals surface area (Å²) in [5.41, 5.74) is 8.03. The van der Waals surface area contributed by atoms with Crippen LogP contribution in [0.1, 0.15) is 28.3 Å². The summed E-state index contributed by atoms with van der Waals surface area (Å²) in [4.78, 5) is 26.4. The van der Waals surface area contributed by atoms with Crippen LogP contribution in [0.2, 0.25) is 0 Å². The average molecular weight is 448 g/mol. The van der Waals surface area contributed by atoms with Crippen LogP contribution in [0.5, 0.6) is 5.75 Å². The van der Waals surface area contributed by atoms with Gasteiger partial charge in [-0.15, -0.1) is 0 Å². The highest BCUT2D eigenvalue weighted by Gasteiger charge is 2.38. The Balaban J connectivity index is 1.92. The summed E-state index contributed by atoms with van der Waals surface area (Å²) in [6, 6.07) is 17.0. The first-order valence-electron chi connectivity index (χ1n) is 10.1. The van der Waals surface area contributed by atoms with E-state index in [2.05, 4.69) is 0 Å². The summed E-state index contributed by atoms with van der Waals surface area (Å²) in [6.45, 7) is 2.12. The maximum Gasteiger partial charge on any atom is 0.340 e. The number of methoxy groups -OCH3 is 1. The lowest BCUT2D eigenvalue weighted by Gasteiger charge is -2.29. The van der Waals surface area contributed by atoms with Crippen LogP contribution in [-0.2, 0) is 16.1 Å². The molecule has 2 aromatic carbocycles. The van der Waals surface area contributed by atoms with E-state index in [0.29, 0.717) is 17.8 Å². The van der Waals surface area contributed by atoms with Crippen LogP contribution in [0.15, 0.2) is 76.9 Å². The maximum atomic E-state index is 13.7. The minimum Gasteiger partial charge on any atom is -0.733 e. The van der Waals surface area contributed by atoms with Crippen molar-refractivity contribution in [2.24, 2.45) is 5.73 Å². The zero-order valence-electron chi connectivity index (χ0n) is 18.0. The molecular formula is C24H22N3O6-. The Labute approximate surface area is 189 Å². The molecule has 170 valence electrons. The molecule has 0 unspecified atom stereocenters. The monoisotopic (exact) mass is 448 g/mol. The minimum absolute atomic E-state index is 0.00648. The van der Waals surface area contributed by atoms with E-state index < -0.39 is 11.9 Å². The topological polar surface area (TPSA) is 130 Å².